The van der Waals surface area contributed by atoms with E-state index in [1.807, 2.05) is 24.2 Å². The van der Waals surface area contributed by atoms with Crippen LogP contribution in [0.3, 0.4) is 0 Å². The number of aromatic nitrogens is 1. The summed E-state index contributed by atoms with van der Waals surface area (Å²) in [7, 11) is 0. The van der Waals surface area contributed by atoms with Crippen LogP contribution in [0, 0.1) is 5.92 Å². The second-order valence-corrected chi connectivity index (χ2v) is 7.05. The van der Waals surface area contributed by atoms with Crippen molar-refractivity contribution < 1.29 is 4.74 Å². The van der Waals surface area contributed by atoms with Gasteiger partial charge in [-0.15, -0.1) is 0 Å². The van der Waals surface area contributed by atoms with Gasteiger partial charge in [-0.3, -0.25) is 16.3 Å². The van der Waals surface area contributed by atoms with Crippen LogP contribution < -0.4 is 11.3 Å². The lowest BCUT2D eigenvalue weighted by Gasteiger charge is -2.45. The van der Waals surface area contributed by atoms with Crippen LogP contribution in [-0.4, -0.2) is 28.7 Å². The maximum absolute atomic E-state index is 6.17. The topological polar surface area (TPSA) is 60.2 Å². The third kappa shape index (κ3) is 3.01. The standard InChI is InChI=1S/C15H23N3OS/c16-18-14(12-1-6-17-7-2-12)13-3-8-19-15(11-13)4-9-20-10-5-15/h1-2,6-7,13-14,18H,3-5,8-11,16H2. The molecule has 0 aliphatic carbocycles. The van der Waals surface area contributed by atoms with Crippen molar-refractivity contribution >= 4 is 11.8 Å². The molecule has 0 radical (unpaired) electrons. The van der Waals surface area contributed by atoms with Crippen LogP contribution in [0.1, 0.15) is 37.3 Å². The molecule has 0 bridgehead atoms. The maximum Gasteiger partial charge on any atom is 0.0701 e. The Labute approximate surface area is 124 Å². The molecule has 1 spiro atoms. The molecular formula is C15H23N3OS. The largest absolute Gasteiger partial charge is 0.375 e. The van der Waals surface area contributed by atoms with Crippen LogP contribution in [0.5, 0.6) is 0 Å². The lowest BCUT2D eigenvalue weighted by molar-refractivity contribution is -0.107. The van der Waals surface area contributed by atoms with Crippen LogP contribution in [-0.2, 0) is 4.74 Å². The van der Waals surface area contributed by atoms with E-state index >= 15 is 0 Å². The SMILES string of the molecule is NNC(c1ccncc1)C1CCOC2(CCSCC2)C1. The molecule has 3 rings (SSSR count). The Morgan fingerprint density at radius 1 is 1.35 bits per heavy atom. The van der Waals surface area contributed by atoms with Crippen molar-refractivity contribution in [2.75, 3.05) is 18.1 Å². The van der Waals surface area contributed by atoms with Crippen molar-refractivity contribution in [2.45, 2.75) is 37.3 Å². The zero-order valence-electron chi connectivity index (χ0n) is 11.8. The van der Waals surface area contributed by atoms with E-state index < -0.39 is 0 Å². The molecular weight excluding hydrogens is 270 g/mol. The molecule has 3 N–H and O–H groups in total. The summed E-state index contributed by atoms with van der Waals surface area (Å²) in [5.74, 6) is 8.83. The first kappa shape index (κ1) is 14.3. The molecule has 5 heteroatoms. The van der Waals surface area contributed by atoms with E-state index in [1.54, 1.807) is 0 Å². The summed E-state index contributed by atoms with van der Waals surface area (Å²) in [5.41, 5.74) is 4.36. The fraction of sp³-hybridized carbons (Fsp3) is 0.667. The van der Waals surface area contributed by atoms with Crippen molar-refractivity contribution in [3.8, 4) is 0 Å². The Hall–Kier alpha value is -0.620. The van der Waals surface area contributed by atoms with E-state index in [9.17, 15) is 0 Å². The zero-order chi connectivity index (χ0) is 13.8. The number of nitrogens with zero attached hydrogens (tertiary/aromatic N) is 1. The first-order valence-corrected chi connectivity index (χ1v) is 8.56. The second-order valence-electron chi connectivity index (χ2n) is 5.82. The van der Waals surface area contributed by atoms with Crippen molar-refractivity contribution in [3.05, 3.63) is 30.1 Å². The van der Waals surface area contributed by atoms with E-state index in [-0.39, 0.29) is 11.6 Å². The average Bonchev–Trinajstić information content (AvgIpc) is 2.50. The predicted molar refractivity (Wildman–Crippen MR) is 82.3 cm³/mol. The van der Waals surface area contributed by atoms with E-state index in [4.69, 9.17) is 10.6 Å². The summed E-state index contributed by atoms with van der Waals surface area (Å²) in [6.45, 7) is 0.860. The number of hydrogen-bond donors (Lipinski definition) is 2. The van der Waals surface area contributed by atoms with Gasteiger partial charge in [0, 0.05) is 25.0 Å². The number of hydrogen-bond acceptors (Lipinski definition) is 5. The van der Waals surface area contributed by atoms with Crippen molar-refractivity contribution in [1.29, 1.82) is 0 Å². The maximum atomic E-state index is 6.17. The molecule has 2 unspecified atom stereocenters. The molecule has 2 saturated heterocycles. The number of nitrogens with two attached hydrogens (primary N) is 1. The van der Waals surface area contributed by atoms with Gasteiger partial charge in [0.15, 0.2) is 0 Å². The number of rotatable bonds is 3. The van der Waals surface area contributed by atoms with Gasteiger partial charge < -0.3 is 4.74 Å². The Morgan fingerprint density at radius 3 is 2.80 bits per heavy atom. The summed E-state index contributed by atoms with van der Waals surface area (Å²) >= 11 is 2.05. The first-order valence-electron chi connectivity index (χ1n) is 7.41. The molecule has 0 aromatic carbocycles. The summed E-state index contributed by atoms with van der Waals surface area (Å²) in [4.78, 5) is 4.09. The number of hydrazine groups is 1. The molecule has 1 aromatic rings. The van der Waals surface area contributed by atoms with Gasteiger partial charge in [-0.2, -0.15) is 11.8 Å². The average molecular weight is 293 g/mol. The van der Waals surface area contributed by atoms with Gasteiger partial charge in [0.05, 0.1) is 5.60 Å². The minimum absolute atomic E-state index is 0.107. The summed E-state index contributed by atoms with van der Waals surface area (Å²) < 4.78 is 6.17. The van der Waals surface area contributed by atoms with E-state index in [0.29, 0.717) is 5.92 Å². The molecule has 2 aliphatic rings. The highest BCUT2D eigenvalue weighted by atomic mass is 32.2. The minimum Gasteiger partial charge on any atom is -0.375 e. The van der Waals surface area contributed by atoms with E-state index in [0.717, 1.165) is 19.4 Å². The Morgan fingerprint density at radius 2 is 2.10 bits per heavy atom. The molecule has 0 amide bonds. The van der Waals surface area contributed by atoms with Crippen molar-refractivity contribution in [2.24, 2.45) is 11.8 Å². The predicted octanol–water partition coefficient (Wildman–Crippen LogP) is 2.28. The number of nitrogens with one attached hydrogen (secondary N) is 1. The van der Waals surface area contributed by atoms with Crippen LogP contribution in [0.25, 0.3) is 0 Å². The smallest absolute Gasteiger partial charge is 0.0701 e. The quantitative estimate of drug-likeness (QED) is 0.661. The molecule has 110 valence electrons. The Kier molecular flexibility index (Phi) is 4.61. The number of thioether (sulfide) groups is 1. The monoisotopic (exact) mass is 293 g/mol. The van der Waals surface area contributed by atoms with Crippen LogP contribution in [0.15, 0.2) is 24.5 Å². The van der Waals surface area contributed by atoms with Crippen molar-refractivity contribution in [3.63, 3.8) is 0 Å². The zero-order valence-corrected chi connectivity index (χ0v) is 12.6. The highest BCUT2D eigenvalue weighted by Gasteiger charge is 2.41. The van der Waals surface area contributed by atoms with Gasteiger partial charge in [0.25, 0.3) is 0 Å². The van der Waals surface area contributed by atoms with Crippen LogP contribution >= 0.6 is 11.8 Å². The van der Waals surface area contributed by atoms with Gasteiger partial charge >= 0.3 is 0 Å². The lowest BCUT2D eigenvalue weighted by Crippen LogP contribution is -2.46. The third-order valence-electron chi connectivity index (χ3n) is 4.65. The number of ether oxygens (including phenoxy) is 1. The van der Waals surface area contributed by atoms with Crippen LogP contribution in [0.2, 0.25) is 0 Å². The molecule has 4 nitrogen and oxygen atoms in total. The summed E-state index contributed by atoms with van der Waals surface area (Å²) in [6, 6.07) is 4.32. The third-order valence-corrected chi connectivity index (χ3v) is 5.64. The van der Waals surface area contributed by atoms with Gasteiger partial charge in [0.1, 0.15) is 0 Å². The molecule has 2 aliphatic heterocycles. The van der Waals surface area contributed by atoms with E-state index in [1.165, 1.54) is 29.9 Å². The van der Waals surface area contributed by atoms with Gasteiger partial charge in [0.2, 0.25) is 0 Å². The first-order chi connectivity index (χ1) is 9.83. The fourth-order valence-corrected chi connectivity index (χ4v) is 4.75. The highest BCUT2D eigenvalue weighted by Crippen LogP contribution is 2.43. The second kappa shape index (κ2) is 6.43. The van der Waals surface area contributed by atoms with Crippen molar-refractivity contribution in [1.82, 2.24) is 10.4 Å². The normalized spacial score (nSPS) is 27.4. The summed E-state index contributed by atoms with van der Waals surface area (Å²) in [5, 5.41) is 0. The minimum atomic E-state index is 0.107. The molecule has 1 aromatic heterocycles. The van der Waals surface area contributed by atoms with Gasteiger partial charge in [-0.1, -0.05) is 0 Å². The van der Waals surface area contributed by atoms with Gasteiger partial charge in [-0.05, 0) is 60.8 Å². The number of pyridine rings is 1. The van der Waals surface area contributed by atoms with Gasteiger partial charge in [-0.25, -0.2) is 0 Å². The van der Waals surface area contributed by atoms with Crippen LogP contribution in [0.4, 0.5) is 0 Å². The molecule has 2 atom stereocenters. The Balaban J connectivity index is 1.75. The molecule has 2 fully saturated rings. The molecule has 20 heavy (non-hydrogen) atoms. The Bertz CT molecular complexity index is 417. The highest BCUT2D eigenvalue weighted by molar-refractivity contribution is 7.99. The molecule has 0 saturated carbocycles. The fourth-order valence-electron chi connectivity index (χ4n) is 3.52. The lowest BCUT2D eigenvalue weighted by atomic mass is 9.77. The van der Waals surface area contributed by atoms with E-state index in [2.05, 4.69) is 22.5 Å². The molecule has 3 heterocycles. The summed E-state index contributed by atoms with van der Waals surface area (Å²) in [6.07, 6.45) is 8.23.